The zero-order valence-electron chi connectivity index (χ0n) is 12.4. The van der Waals surface area contributed by atoms with Gasteiger partial charge in [-0.05, 0) is 0 Å². The molecule has 1 saturated heterocycles. The maximum atomic E-state index is 12.7. The third-order valence-electron chi connectivity index (χ3n) is 3.33. The molecule has 1 amide bonds. The molecule has 2 rings (SSSR count). The Bertz CT molecular complexity index is 538. The van der Waals surface area contributed by atoms with E-state index in [1.54, 1.807) is 20.8 Å². The second kappa shape index (κ2) is 5.65. The van der Waals surface area contributed by atoms with Crippen molar-refractivity contribution < 1.29 is 19.1 Å². The zero-order chi connectivity index (χ0) is 15.9. The Morgan fingerprint density at radius 3 is 2.57 bits per heavy atom. The second-order valence-corrected chi connectivity index (χ2v) is 7.70. The first-order valence-electron chi connectivity index (χ1n) is 6.63. The largest absolute Gasteiger partial charge is 0.461 e. The van der Waals surface area contributed by atoms with E-state index in [9.17, 15) is 14.4 Å². The molecule has 0 aromatic heterocycles. The number of nitrogens with zero attached hydrogens (tertiary/aromatic N) is 1. The summed E-state index contributed by atoms with van der Waals surface area (Å²) in [6, 6.07) is 0. The number of alkyl halides is 1. The van der Waals surface area contributed by atoms with E-state index in [1.165, 1.54) is 23.6 Å². The standard InChI is InChI=1S/C14H18ClNO4S/c1-7(17)20-5-8-6-21-13-9(15)12(19)16(13)10(8)11(18)14(2,3)4/h9,13H,5-6H2,1-4H3/t9-,13-/m0/s1. The number of fused-ring (bicyclic) bond motifs is 1. The lowest BCUT2D eigenvalue weighted by Crippen LogP contribution is -2.63. The number of thioether (sulfide) groups is 1. The van der Waals surface area contributed by atoms with Gasteiger partial charge in [0.2, 0.25) is 5.91 Å². The second-order valence-electron chi connectivity index (χ2n) is 6.12. The maximum absolute atomic E-state index is 12.7. The van der Waals surface area contributed by atoms with Crippen LogP contribution < -0.4 is 0 Å². The molecule has 0 aromatic carbocycles. The molecule has 0 spiro atoms. The fraction of sp³-hybridized carbons (Fsp3) is 0.643. The summed E-state index contributed by atoms with van der Waals surface area (Å²) in [7, 11) is 0. The molecule has 21 heavy (non-hydrogen) atoms. The van der Waals surface area contributed by atoms with Gasteiger partial charge in [-0.15, -0.1) is 23.4 Å². The SMILES string of the molecule is CC(=O)OCC1=C(C(=O)C(C)(C)C)N2C(=O)[C@H](Cl)[C@@H]2SC1. The predicted octanol–water partition coefficient (Wildman–Crippen LogP) is 1.94. The number of hydrogen-bond acceptors (Lipinski definition) is 5. The molecule has 0 saturated carbocycles. The highest BCUT2D eigenvalue weighted by Gasteiger charge is 2.53. The summed E-state index contributed by atoms with van der Waals surface area (Å²) in [5.41, 5.74) is 0.402. The molecule has 0 bridgehead atoms. The Kier molecular flexibility index (Phi) is 4.40. The summed E-state index contributed by atoms with van der Waals surface area (Å²) in [5, 5.41) is -0.797. The normalized spacial score (nSPS) is 25.4. The van der Waals surface area contributed by atoms with Gasteiger partial charge in [0.1, 0.15) is 17.4 Å². The van der Waals surface area contributed by atoms with Crippen molar-refractivity contribution in [2.24, 2.45) is 5.41 Å². The average molecular weight is 332 g/mol. The van der Waals surface area contributed by atoms with E-state index in [4.69, 9.17) is 16.3 Å². The molecule has 0 aliphatic carbocycles. The van der Waals surface area contributed by atoms with E-state index >= 15 is 0 Å². The highest BCUT2D eigenvalue weighted by atomic mass is 35.5. The molecule has 2 heterocycles. The summed E-state index contributed by atoms with van der Waals surface area (Å²) in [6.07, 6.45) is 0. The lowest BCUT2D eigenvalue weighted by molar-refractivity contribution is -0.142. The van der Waals surface area contributed by atoms with Crippen molar-refractivity contribution >= 4 is 41.0 Å². The van der Waals surface area contributed by atoms with Crippen LogP contribution in [0.5, 0.6) is 0 Å². The van der Waals surface area contributed by atoms with Crippen molar-refractivity contribution in [1.82, 2.24) is 4.90 Å². The highest BCUT2D eigenvalue weighted by molar-refractivity contribution is 8.00. The van der Waals surface area contributed by atoms with Gasteiger partial charge in [-0.1, -0.05) is 20.8 Å². The minimum atomic E-state index is -0.624. The Balaban J connectivity index is 2.38. The first-order valence-corrected chi connectivity index (χ1v) is 8.12. The molecular weight excluding hydrogens is 314 g/mol. The van der Waals surface area contributed by atoms with Crippen molar-refractivity contribution in [2.75, 3.05) is 12.4 Å². The van der Waals surface area contributed by atoms with Crippen molar-refractivity contribution in [3.63, 3.8) is 0 Å². The summed E-state index contributed by atoms with van der Waals surface area (Å²) in [6.45, 7) is 6.73. The van der Waals surface area contributed by atoms with E-state index in [1.807, 2.05) is 0 Å². The van der Waals surface area contributed by atoms with Crippen LogP contribution in [-0.4, -0.2) is 45.7 Å². The smallest absolute Gasteiger partial charge is 0.302 e. The Morgan fingerprint density at radius 2 is 2.05 bits per heavy atom. The van der Waals surface area contributed by atoms with Crippen LogP contribution in [0.15, 0.2) is 11.3 Å². The number of esters is 1. The molecule has 1 fully saturated rings. The van der Waals surface area contributed by atoms with Crippen LogP contribution in [-0.2, 0) is 19.1 Å². The average Bonchev–Trinajstić information content (AvgIpc) is 2.41. The van der Waals surface area contributed by atoms with Crippen LogP contribution in [0.1, 0.15) is 27.7 Å². The summed E-state index contributed by atoms with van der Waals surface area (Å²) >= 11 is 7.49. The number of rotatable bonds is 3. The number of hydrogen-bond donors (Lipinski definition) is 0. The van der Waals surface area contributed by atoms with Gasteiger partial charge in [-0.3, -0.25) is 19.3 Å². The Morgan fingerprint density at radius 1 is 1.43 bits per heavy atom. The molecule has 5 nitrogen and oxygen atoms in total. The number of Topliss-reactive ketones (excluding diaryl/α,β-unsaturated/α-hetero) is 1. The quantitative estimate of drug-likeness (QED) is 0.449. The number of halogens is 1. The molecule has 2 aliphatic heterocycles. The van der Waals surface area contributed by atoms with E-state index < -0.39 is 16.8 Å². The fourth-order valence-corrected chi connectivity index (χ4v) is 3.85. The van der Waals surface area contributed by atoms with E-state index in [-0.39, 0.29) is 23.7 Å². The maximum Gasteiger partial charge on any atom is 0.302 e. The van der Waals surface area contributed by atoms with Crippen LogP contribution >= 0.6 is 23.4 Å². The monoisotopic (exact) mass is 331 g/mol. The van der Waals surface area contributed by atoms with Crippen LogP contribution in [0.25, 0.3) is 0 Å². The molecule has 0 N–H and O–H groups in total. The number of amides is 1. The van der Waals surface area contributed by atoms with Gasteiger partial charge in [0.15, 0.2) is 5.78 Å². The fourth-order valence-electron chi connectivity index (χ4n) is 2.17. The number of ketones is 1. The topological polar surface area (TPSA) is 63.7 Å². The highest BCUT2D eigenvalue weighted by Crippen LogP contribution is 2.44. The number of allylic oxidation sites excluding steroid dienone is 1. The molecule has 0 unspecified atom stereocenters. The van der Waals surface area contributed by atoms with Gasteiger partial charge in [0.05, 0.1) is 5.70 Å². The van der Waals surface area contributed by atoms with Crippen molar-refractivity contribution in [2.45, 2.75) is 38.4 Å². The minimum Gasteiger partial charge on any atom is -0.461 e. The van der Waals surface area contributed by atoms with Crippen LogP contribution in [0, 0.1) is 5.41 Å². The molecular formula is C14H18ClNO4S. The zero-order valence-corrected chi connectivity index (χ0v) is 14.0. The lowest BCUT2D eigenvalue weighted by Gasteiger charge is -2.48. The van der Waals surface area contributed by atoms with E-state index in [0.717, 1.165) is 0 Å². The summed E-state index contributed by atoms with van der Waals surface area (Å²) in [5.74, 6) is -0.279. The van der Waals surface area contributed by atoms with Gasteiger partial charge >= 0.3 is 5.97 Å². The molecule has 0 radical (unpaired) electrons. The van der Waals surface area contributed by atoms with Gasteiger partial charge < -0.3 is 4.74 Å². The van der Waals surface area contributed by atoms with Gasteiger partial charge in [-0.25, -0.2) is 0 Å². The Labute approximate surface area is 133 Å². The summed E-state index contributed by atoms with van der Waals surface area (Å²) < 4.78 is 5.01. The van der Waals surface area contributed by atoms with Crippen LogP contribution in [0.4, 0.5) is 0 Å². The van der Waals surface area contributed by atoms with Crippen molar-refractivity contribution in [3.05, 3.63) is 11.3 Å². The van der Waals surface area contributed by atoms with E-state index in [0.29, 0.717) is 17.0 Å². The summed E-state index contributed by atoms with van der Waals surface area (Å²) in [4.78, 5) is 37.1. The molecule has 116 valence electrons. The third-order valence-corrected chi connectivity index (χ3v) is 5.24. The number of carbonyl (C=O) groups is 3. The number of carbonyl (C=O) groups excluding carboxylic acids is 3. The van der Waals surface area contributed by atoms with E-state index in [2.05, 4.69) is 0 Å². The van der Waals surface area contributed by atoms with Crippen molar-refractivity contribution in [3.8, 4) is 0 Å². The first kappa shape index (κ1) is 16.4. The number of ether oxygens (including phenoxy) is 1. The third kappa shape index (κ3) is 2.97. The van der Waals surface area contributed by atoms with Gasteiger partial charge in [0.25, 0.3) is 0 Å². The van der Waals surface area contributed by atoms with Crippen LogP contribution in [0.3, 0.4) is 0 Å². The van der Waals surface area contributed by atoms with Gasteiger partial charge in [0, 0.05) is 23.7 Å². The predicted molar refractivity (Wildman–Crippen MR) is 80.9 cm³/mol. The molecule has 0 aromatic rings. The molecule has 2 aliphatic rings. The Hall–Kier alpha value is -1.01. The van der Waals surface area contributed by atoms with Gasteiger partial charge in [-0.2, -0.15) is 0 Å². The molecule has 2 atom stereocenters. The minimum absolute atomic E-state index is 0.0307. The van der Waals surface area contributed by atoms with Crippen molar-refractivity contribution in [1.29, 1.82) is 0 Å². The lowest BCUT2D eigenvalue weighted by atomic mass is 9.86. The number of β-lactam (4-membered cyclic amide) rings is 1. The molecule has 7 heteroatoms. The first-order chi connectivity index (χ1) is 9.64. The van der Waals surface area contributed by atoms with Crippen LogP contribution in [0.2, 0.25) is 0 Å².